The van der Waals surface area contributed by atoms with Crippen molar-refractivity contribution in [2.45, 2.75) is 16.6 Å². The van der Waals surface area contributed by atoms with Gasteiger partial charge in [-0.25, -0.2) is 8.42 Å². The highest BCUT2D eigenvalue weighted by molar-refractivity contribution is 9.10. The van der Waals surface area contributed by atoms with Crippen molar-refractivity contribution < 1.29 is 8.42 Å². The van der Waals surface area contributed by atoms with Crippen molar-refractivity contribution in [1.82, 2.24) is 0 Å². The van der Waals surface area contributed by atoms with Crippen molar-refractivity contribution in [3.63, 3.8) is 0 Å². The standard InChI is InChI=1S/C15H16BrNO2S/c16-13-8-4-5-9-15(13)20(18,19)14(10-11-17)12-6-2-1-3-7-12/h1-9,14H,10-11,17H2. The van der Waals surface area contributed by atoms with Crippen molar-refractivity contribution >= 4 is 25.8 Å². The van der Waals surface area contributed by atoms with E-state index in [2.05, 4.69) is 15.9 Å². The van der Waals surface area contributed by atoms with E-state index in [4.69, 9.17) is 5.73 Å². The van der Waals surface area contributed by atoms with Gasteiger partial charge in [0, 0.05) is 4.47 Å². The number of rotatable bonds is 5. The lowest BCUT2D eigenvalue weighted by Crippen LogP contribution is -2.18. The van der Waals surface area contributed by atoms with Crippen molar-refractivity contribution in [2.75, 3.05) is 6.54 Å². The summed E-state index contributed by atoms with van der Waals surface area (Å²) < 4.78 is 26.3. The highest BCUT2D eigenvalue weighted by Gasteiger charge is 2.29. The Balaban J connectivity index is 2.52. The normalized spacial score (nSPS) is 13.1. The monoisotopic (exact) mass is 353 g/mol. The Morgan fingerprint density at radius 2 is 1.60 bits per heavy atom. The Morgan fingerprint density at radius 3 is 2.20 bits per heavy atom. The van der Waals surface area contributed by atoms with E-state index in [0.29, 0.717) is 22.3 Å². The van der Waals surface area contributed by atoms with E-state index in [-0.39, 0.29) is 0 Å². The van der Waals surface area contributed by atoms with Crippen LogP contribution >= 0.6 is 15.9 Å². The van der Waals surface area contributed by atoms with Crippen LogP contribution < -0.4 is 5.73 Å². The molecule has 1 unspecified atom stereocenters. The van der Waals surface area contributed by atoms with Gasteiger partial charge in [-0.15, -0.1) is 0 Å². The average Bonchev–Trinajstić information content (AvgIpc) is 2.45. The fourth-order valence-corrected chi connectivity index (χ4v) is 4.99. The van der Waals surface area contributed by atoms with E-state index in [9.17, 15) is 8.42 Å². The summed E-state index contributed by atoms with van der Waals surface area (Å²) in [6.45, 7) is 0.323. The molecule has 2 rings (SSSR count). The fourth-order valence-electron chi connectivity index (χ4n) is 2.15. The summed E-state index contributed by atoms with van der Waals surface area (Å²) in [5, 5.41) is -0.618. The first kappa shape index (κ1) is 15.2. The van der Waals surface area contributed by atoms with E-state index in [1.54, 1.807) is 24.3 Å². The number of benzene rings is 2. The molecule has 106 valence electrons. The van der Waals surface area contributed by atoms with Crippen LogP contribution in [0.5, 0.6) is 0 Å². The Labute approximate surface area is 127 Å². The third-order valence-electron chi connectivity index (χ3n) is 3.12. The molecule has 0 spiro atoms. The highest BCUT2D eigenvalue weighted by atomic mass is 79.9. The maximum atomic E-state index is 12.9. The minimum Gasteiger partial charge on any atom is -0.330 e. The number of halogens is 1. The average molecular weight is 354 g/mol. The van der Waals surface area contributed by atoms with Gasteiger partial charge >= 0.3 is 0 Å². The van der Waals surface area contributed by atoms with Crippen molar-refractivity contribution in [3.8, 4) is 0 Å². The lowest BCUT2D eigenvalue weighted by Gasteiger charge is -2.18. The summed E-state index contributed by atoms with van der Waals surface area (Å²) in [5.41, 5.74) is 6.38. The smallest absolute Gasteiger partial charge is 0.186 e. The highest BCUT2D eigenvalue weighted by Crippen LogP contribution is 2.34. The van der Waals surface area contributed by atoms with Gasteiger partial charge in [0.15, 0.2) is 9.84 Å². The van der Waals surface area contributed by atoms with Crippen molar-refractivity contribution in [3.05, 3.63) is 64.6 Å². The minimum absolute atomic E-state index is 0.308. The van der Waals surface area contributed by atoms with Gasteiger partial charge in [-0.1, -0.05) is 42.5 Å². The van der Waals surface area contributed by atoms with Gasteiger partial charge in [0.1, 0.15) is 0 Å². The van der Waals surface area contributed by atoms with Gasteiger partial charge in [-0.3, -0.25) is 0 Å². The van der Waals surface area contributed by atoms with Crippen LogP contribution in [0.25, 0.3) is 0 Å². The molecule has 20 heavy (non-hydrogen) atoms. The molecule has 0 amide bonds. The Bertz CT molecular complexity index is 671. The topological polar surface area (TPSA) is 60.2 Å². The number of nitrogens with two attached hydrogens (primary N) is 1. The minimum atomic E-state index is -3.47. The molecule has 0 aliphatic heterocycles. The second-order valence-electron chi connectivity index (χ2n) is 4.45. The van der Waals surface area contributed by atoms with Gasteiger partial charge in [0.05, 0.1) is 10.1 Å². The SMILES string of the molecule is NCCC(c1ccccc1)S(=O)(=O)c1ccccc1Br. The van der Waals surface area contributed by atoms with Crippen LogP contribution in [0, 0.1) is 0 Å². The molecule has 1 atom stereocenters. The summed E-state index contributed by atoms with van der Waals surface area (Å²) in [4.78, 5) is 0.308. The molecule has 0 aromatic heterocycles. The van der Waals surface area contributed by atoms with Gasteiger partial charge in [0.25, 0.3) is 0 Å². The van der Waals surface area contributed by atoms with E-state index in [1.807, 2.05) is 30.3 Å². The molecule has 0 heterocycles. The van der Waals surface area contributed by atoms with Crippen LogP contribution in [0.3, 0.4) is 0 Å². The summed E-state index contributed by atoms with van der Waals surface area (Å²) in [6, 6.07) is 16.1. The molecule has 2 aromatic carbocycles. The van der Waals surface area contributed by atoms with Crippen LogP contribution in [0.4, 0.5) is 0 Å². The van der Waals surface area contributed by atoms with Crippen LogP contribution in [-0.4, -0.2) is 15.0 Å². The zero-order chi connectivity index (χ0) is 14.6. The largest absolute Gasteiger partial charge is 0.330 e. The van der Waals surface area contributed by atoms with E-state index < -0.39 is 15.1 Å². The summed E-state index contributed by atoms with van der Waals surface area (Å²) in [5.74, 6) is 0. The first-order chi connectivity index (χ1) is 9.57. The molecule has 0 radical (unpaired) electrons. The summed E-state index contributed by atoms with van der Waals surface area (Å²) >= 11 is 3.31. The Kier molecular flexibility index (Phi) is 4.96. The molecular weight excluding hydrogens is 338 g/mol. The molecule has 2 aromatic rings. The lowest BCUT2D eigenvalue weighted by molar-refractivity contribution is 0.575. The fraction of sp³-hybridized carbons (Fsp3) is 0.200. The number of sulfone groups is 1. The Morgan fingerprint density at radius 1 is 1.00 bits per heavy atom. The Hall–Kier alpha value is -1.17. The van der Waals surface area contributed by atoms with Gasteiger partial charge in [-0.05, 0) is 46.6 Å². The van der Waals surface area contributed by atoms with Crippen molar-refractivity contribution in [2.24, 2.45) is 5.73 Å². The maximum absolute atomic E-state index is 12.9. The predicted octanol–water partition coefficient (Wildman–Crippen LogP) is 3.31. The molecule has 0 fully saturated rings. The van der Waals surface area contributed by atoms with Gasteiger partial charge in [-0.2, -0.15) is 0 Å². The van der Waals surface area contributed by atoms with Crippen LogP contribution in [0.15, 0.2) is 64.0 Å². The van der Waals surface area contributed by atoms with Crippen molar-refractivity contribution in [1.29, 1.82) is 0 Å². The van der Waals surface area contributed by atoms with E-state index >= 15 is 0 Å². The molecule has 3 nitrogen and oxygen atoms in total. The zero-order valence-electron chi connectivity index (χ0n) is 10.9. The lowest BCUT2D eigenvalue weighted by atomic mass is 10.1. The molecule has 0 aliphatic rings. The van der Waals surface area contributed by atoms with Gasteiger partial charge < -0.3 is 5.73 Å². The third-order valence-corrected chi connectivity index (χ3v) is 6.30. The van der Waals surface area contributed by atoms with E-state index in [1.165, 1.54) is 0 Å². The van der Waals surface area contributed by atoms with Gasteiger partial charge in [0.2, 0.25) is 0 Å². The third kappa shape index (κ3) is 3.11. The first-order valence-electron chi connectivity index (χ1n) is 6.31. The molecule has 2 N–H and O–H groups in total. The van der Waals surface area contributed by atoms with E-state index in [0.717, 1.165) is 5.56 Å². The molecule has 5 heteroatoms. The molecule has 0 saturated carbocycles. The molecule has 0 aliphatic carbocycles. The second-order valence-corrected chi connectivity index (χ2v) is 7.41. The number of hydrogen-bond donors (Lipinski definition) is 1. The second kappa shape index (κ2) is 6.52. The van der Waals surface area contributed by atoms with Crippen LogP contribution in [0.2, 0.25) is 0 Å². The first-order valence-corrected chi connectivity index (χ1v) is 8.64. The molecular formula is C15H16BrNO2S. The summed E-state index contributed by atoms with van der Waals surface area (Å²) in [6.07, 6.45) is 0.397. The van der Waals surface area contributed by atoms with Crippen LogP contribution in [0.1, 0.15) is 17.2 Å². The molecule has 0 saturated heterocycles. The summed E-state index contributed by atoms with van der Waals surface area (Å²) in [7, 11) is -3.47. The number of hydrogen-bond acceptors (Lipinski definition) is 3. The maximum Gasteiger partial charge on any atom is 0.186 e. The zero-order valence-corrected chi connectivity index (χ0v) is 13.3. The molecule has 0 bridgehead atoms. The quantitative estimate of drug-likeness (QED) is 0.896. The predicted molar refractivity (Wildman–Crippen MR) is 84.2 cm³/mol. The van der Waals surface area contributed by atoms with Crippen LogP contribution in [-0.2, 0) is 9.84 Å².